The van der Waals surface area contributed by atoms with Gasteiger partial charge in [0.05, 0.1) is 5.25 Å². The van der Waals surface area contributed by atoms with Crippen molar-refractivity contribution >= 4 is 15.9 Å². The molecular formula is C12H22N2O3S. The van der Waals surface area contributed by atoms with Crippen LogP contribution in [0.5, 0.6) is 0 Å². The van der Waals surface area contributed by atoms with Crippen LogP contribution in [0.15, 0.2) is 0 Å². The zero-order chi connectivity index (χ0) is 13.5. The molecule has 2 aliphatic heterocycles. The number of hydrogen-bond donors (Lipinski definition) is 0. The maximum absolute atomic E-state index is 12.1. The van der Waals surface area contributed by atoms with Crippen LogP contribution >= 0.6 is 0 Å². The van der Waals surface area contributed by atoms with E-state index in [4.69, 9.17) is 0 Å². The van der Waals surface area contributed by atoms with Crippen molar-refractivity contribution in [3.05, 3.63) is 0 Å². The van der Waals surface area contributed by atoms with E-state index in [0.29, 0.717) is 26.1 Å². The van der Waals surface area contributed by atoms with Gasteiger partial charge in [-0.2, -0.15) is 0 Å². The van der Waals surface area contributed by atoms with E-state index in [1.807, 2.05) is 18.7 Å². The molecule has 0 aromatic heterocycles. The summed E-state index contributed by atoms with van der Waals surface area (Å²) in [5, 5.41) is -0.285. The van der Waals surface area contributed by atoms with Gasteiger partial charge in [0.15, 0.2) is 0 Å². The average molecular weight is 274 g/mol. The van der Waals surface area contributed by atoms with Gasteiger partial charge in [-0.15, -0.1) is 0 Å². The summed E-state index contributed by atoms with van der Waals surface area (Å²) < 4.78 is 25.7. The van der Waals surface area contributed by atoms with E-state index >= 15 is 0 Å². The molecule has 104 valence electrons. The number of likely N-dealkylation sites (tertiary alicyclic amines) is 1. The molecule has 0 unspecified atom stereocenters. The van der Waals surface area contributed by atoms with Gasteiger partial charge in [0.2, 0.25) is 15.9 Å². The van der Waals surface area contributed by atoms with Crippen molar-refractivity contribution in [3.63, 3.8) is 0 Å². The molecule has 2 rings (SSSR count). The summed E-state index contributed by atoms with van der Waals surface area (Å²) in [5.41, 5.74) is 0. The van der Waals surface area contributed by atoms with E-state index in [0.717, 1.165) is 6.42 Å². The van der Waals surface area contributed by atoms with Crippen LogP contribution in [0.1, 0.15) is 26.7 Å². The molecule has 0 saturated carbocycles. The van der Waals surface area contributed by atoms with E-state index in [1.54, 1.807) is 7.05 Å². The fraction of sp³-hybridized carbons (Fsp3) is 0.917. The fourth-order valence-corrected chi connectivity index (χ4v) is 4.96. The highest BCUT2D eigenvalue weighted by Crippen LogP contribution is 2.33. The molecule has 0 radical (unpaired) electrons. The fourth-order valence-electron chi connectivity index (χ4n) is 2.99. The summed E-state index contributed by atoms with van der Waals surface area (Å²) in [6.45, 7) is 5.65. The molecule has 2 fully saturated rings. The summed E-state index contributed by atoms with van der Waals surface area (Å²) >= 11 is 0. The molecule has 6 heteroatoms. The predicted octanol–water partition coefficient (Wildman–Crippen LogP) is 0.525. The van der Waals surface area contributed by atoms with Crippen LogP contribution in [0.4, 0.5) is 0 Å². The molecule has 2 saturated heterocycles. The Labute approximate surface area is 109 Å². The topological polar surface area (TPSA) is 57.7 Å². The smallest absolute Gasteiger partial charge is 0.225 e. The average Bonchev–Trinajstić information content (AvgIpc) is 2.46. The summed E-state index contributed by atoms with van der Waals surface area (Å²) in [4.78, 5) is 13.8. The van der Waals surface area contributed by atoms with Gasteiger partial charge >= 0.3 is 0 Å². The summed E-state index contributed by atoms with van der Waals surface area (Å²) in [6.07, 6.45) is 1.38. The zero-order valence-electron chi connectivity index (χ0n) is 11.3. The van der Waals surface area contributed by atoms with Crippen LogP contribution in [-0.4, -0.2) is 55.5 Å². The molecule has 2 heterocycles. The monoisotopic (exact) mass is 274 g/mol. The van der Waals surface area contributed by atoms with Crippen LogP contribution < -0.4 is 0 Å². The van der Waals surface area contributed by atoms with E-state index in [1.165, 1.54) is 4.31 Å². The molecule has 2 aliphatic rings. The molecule has 18 heavy (non-hydrogen) atoms. The van der Waals surface area contributed by atoms with Gasteiger partial charge in [0, 0.05) is 32.6 Å². The number of sulfonamides is 1. The number of hydrogen-bond acceptors (Lipinski definition) is 3. The van der Waals surface area contributed by atoms with Crippen LogP contribution in [0, 0.1) is 11.8 Å². The number of rotatable bonds is 1. The van der Waals surface area contributed by atoms with Crippen molar-refractivity contribution in [2.24, 2.45) is 11.8 Å². The minimum Gasteiger partial charge on any atom is -0.342 e. The lowest BCUT2D eigenvalue weighted by molar-refractivity contribution is -0.134. The summed E-state index contributed by atoms with van der Waals surface area (Å²) in [6, 6.07) is 0. The Morgan fingerprint density at radius 3 is 2.44 bits per heavy atom. The van der Waals surface area contributed by atoms with Gasteiger partial charge < -0.3 is 4.90 Å². The Bertz CT molecular complexity index is 433. The summed E-state index contributed by atoms with van der Waals surface area (Å²) in [5.74, 6) is 0.313. The number of carbonyl (C=O) groups excluding carboxylic acids is 1. The van der Waals surface area contributed by atoms with Gasteiger partial charge in [0.1, 0.15) is 0 Å². The lowest BCUT2D eigenvalue weighted by atomic mass is 10.0. The number of carbonyl (C=O) groups is 1. The molecular weight excluding hydrogens is 252 g/mol. The molecule has 0 spiro atoms. The maximum Gasteiger partial charge on any atom is 0.225 e. The second-order valence-corrected chi connectivity index (χ2v) is 7.94. The highest BCUT2D eigenvalue weighted by molar-refractivity contribution is 7.90. The quantitative estimate of drug-likeness (QED) is 0.700. The van der Waals surface area contributed by atoms with Crippen molar-refractivity contribution in [1.82, 2.24) is 9.21 Å². The second-order valence-electron chi connectivity index (χ2n) is 5.68. The zero-order valence-corrected chi connectivity index (χ0v) is 12.1. The minimum atomic E-state index is -3.12. The lowest BCUT2D eigenvalue weighted by Gasteiger charge is -2.23. The van der Waals surface area contributed by atoms with E-state index in [2.05, 4.69) is 0 Å². The van der Waals surface area contributed by atoms with Gasteiger partial charge in [-0.25, -0.2) is 12.7 Å². The minimum absolute atomic E-state index is 0.0118. The van der Waals surface area contributed by atoms with Gasteiger partial charge in [-0.3, -0.25) is 4.79 Å². The third kappa shape index (κ3) is 2.28. The van der Waals surface area contributed by atoms with E-state index < -0.39 is 10.0 Å². The molecule has 0 aromatic carbocycles. The van der Waals surface area contributed by atoms with Crippen molar-refractivity contribution in [2.45, 2.75) is 31.9 Å². The van der Waals surface area contributed by atoms with Gasteiger partial charge in [-0.1, -0.05) is 13.8 Å². The Hall–Kier alpha value is -0.620. The standard InChI is InChI=1S/C12H22N2O3S/c1-9(2)12(15)14-6-4-10-8-13(3)18(16,17)11(10)5-7-14/h9-11H,4-8H2,1-3H3/t10-,11-/m1/s1. The molecule has 2 atom stereocenters. The van der Waals surface area contributed by atoms with Crippen LogP contribution in [-0.2, 0) is 14.8 Å². The molecule has 0 aliphatic carbocycles. The Balaban J connectivity index is 2.10. The highest BCUT2D eigenvalue weighted by Gasteiger charge is 2.45. The van der Waals surface area contributed by atoms with Crippen molar-refractivity contribution in [2.75, 3.05) is 26.7 Å². The van der Waals surface area contributed by atoms with Crippen molar-refractivity contribution in [3.8, 4) is 0 Å². The van der Waals surface area contributed by atoms with Crippen LogP contribution in [0.3, 0.4) is 0 Å². The first-order valence-electron chi connectivity index (χ1n) is 6.58. The van der Waals surface area contributed by atoms with E-state index in [9.17, 15) is 13.2 Å². The van der Waals surface area contributed by atoms with Gasteiger partial charge in [0.25, 0.3) is 0 Å². The second kappa shape index (κ2) is 4.81. The maximum atomic E-state index is 12.1. The number of amides is 1. The highest BCUT2D eigenvalue weighted by atomic mass is 32.2. The molecule has 1 amide bonds. The first kappa shape index (κ1) is 13.8. The van der Waals surface area contributed by atoms with E-state index in [-0.39, 0.29) is 23.0 Å². The van der Waals surface area contributed by atoms with Crippen LogP contribution in [0.25, 0.3) is 0 Å². The van der Waals surface area contributed by atoms with Crippen LogP contribution in [0.2, 0.25) is 0 Å². The molecule has 5 nitrogen and oxygen atoms in total. The molecule has 0 N–H and O–H groups in total. The Kier molecular flexibility index (Phi) is 3.69. The Morgan fingerprint density at radius 1 is 1.22 bits per heavy atom. The third-order valence-corrected chi connectivity index (χ3v) is 6.50. The lowest BCUT2D eigenvalue weighted by Crippen LogP contribution is -2.36. The number of nitrogens with zero attached hydrogens (tertiary/aromatic N) is 2. The normalized spacial score (nSPS) is 32.3. The van der Waals surface area contributed by atoms with Crippen molar-refractivity contribution in [1.29, 1.82) is 0 Å². The largest absolute Gasteiger partial charge is 0.342 e. The SMILES string of the molecule is CC(C)C(=O)N1CC[C@@H]2CN(C)S(=O)(=O)[C@@H]2CC1. The van der Waals surface area contributed by atoms with Crippen molar-refractivity contribution < 1.29 is 13.2 Å². The van der Waals surface area contributed by atoms with Gasteiger partial charge in [-0.05, 0) is 18.8 Å². The molecule has 0 bridgehead atoms. The summed E-state index contributed by atoms with van der Waals surface area (Å²) in [7, 11) is -1.47. The first-order chi connectivity index (χ1) is 8.34. The predicted molar refractivity (Wildman–Crippen MR) is 69.5 cm³/mol. The number of fused-ring (bicyclic) bond motifs is 1. The molecule has 0 aromatic rings. The first-order valence-corrected chi connectivity index (χ1v) is 8.08. The Morgan fingerprint density at radius 2 is 1.83 bits per heavy atom. The third-order valence-electron chi connectivity index (χ3n) is 4.09.